The van der Waals surface area contributed by atoms with Crippen molar-refractivity contribution < 1.29 is 0 Å². The molecule has 0 aromatic heterocycles. The second-order valence-electron chi connectivity index (χ2n) is 4.79. The lowest BCUT2D eigenvalue weighted by molar-refractivity contribution is 0.313. The summed E-state index contributed by atoms with van der Waals surface area (Å²) in [5.41, 5.74) is 8.58. The monoisotopic (exact) mass is 282 g/mol. The first-order chi connectivity index (χ1) is 7.61. The van der Waals surface area contributed by atoms with Gasteiger partial charge in [-0.05, 0) is 56.1 Å². The van der Waals surface area contributed by atoms with Crippen LogP contribution in [-0.4, -0.2) is 25.0 Å². The van der Waals surface area contributed by atoms with Crippen LogP contribution in [0, 0.1) is 12.8 Å². The summed E-state index contributed by atoms with van der Waals surface area (Å²) in [5.74, 6) is 0.647. The molecule has 2 nitrogen and oxygen atoms in total. The lowest BCUT2D eigenvalue weighted by Crippen LogP contribution is -2.21. The zero-order valence-electron chi connectivity index (χ0n) is 9.91. The Kier molecular flexibility index (Phi) is 3.67. The molecule has 0 saturated carbocycles. The number of benzene rings is 1. The van der Waals surface area contributed by atoms with Crippen molar-refractivity contribution in [3.63, 3.8) is 0 Å². The fourth-order valence-corrected chi connectivity index (χ4v) is 2.99. The van der Waals surface area contributed by atoms with Gasteiger partial charge in [-0.3, -0.25) is 4.90 Å². The Morgan fingerprint density at radius 2 is 2.25 bits per heavy atom. The van der Waals surface area contributed by atoms with Crippen LogP contribution in [0.1, 0.15) is 23.6 Å². The van der Waals surface area contributed by atoms with Gasteiger partial charge in [-0.2, -0.15) is 0 Å². The highest BCUT2D eigenvalue weighted by Crippen LogP contribution is 2.36. The largest absolute Gasteiger partial charge is 0.330 e. The van der Waals surface area contributed by atoms with Crippen LogP contribution in [-0.2, 0) is 0 Å². The van der Waals surface area contributed by atoms with Gasteiger partial charge in [0.1, 0.15) is 0 Å². The van der Waals surface area contributed by atoms with Crippen LogP contribution in [0.2, 0.25) is 0 Å². The maximum absolute atomic E-state index is 5.77. The minimum Gasteiger partial charge on any atom is -0.330 e. The van der Waals surface area contributed by atoms with Crippen LogP contribution in [0.5, 0.6) is 0 Å². The van der Waals surface area contributed by atoms with E-state index in [0.717, 1.165) is 17.6 Å². The van der Waals surface area contributed by atoms with Crippen LogP contribution in [0.4, 0.5) is 0 Å². The standard InChI is InChI=1S/C13H19BrN2/c1-9-3-4-11(14)6-12(9)13-5-10(7-15)8-16(13)2/h3-4,6,10,13H,5,7-8,15H2,1-2H3. The van der Waals surface area contributed by atoms with Gasteiger partial charge in [0, 0.05) is 17.1 Å². The summed E-state index contributed by atoms with van der Waals surface area (Å²) in [6.07, 6.45) is 1.18. The van der Waals surface area contributed by atoms with E-state index in [1.165, 1.54) is 17.5 Å². The summed E-state index contributed by atoms with van der Waals surface area (Å²) in [5, 5.41) is 0. The molecule has 2 unspecified atom stereocenters. The van der Waals surface area contributed by atoms with Gasteiger partial charge >= 0.3 is 0 Å². The molecule has 0 bridgehead atoms. The Bertz CT molecular complexity index is 378. The molecule has 1 aliphatic heterocycles. The van der Waals surface area contributed by atoms with Crippen LogP contribution in [0.15, 0.2) is 22.7 Å². The van der Waals surface area contributed by atoms with Gasteiger partial charge in [0.2, 0.25) is 0 Å². The maximum atomic E-state index is 5.77. The minimum atomic E-state index is 0.533. The van der Waals surface area contributed by atoms with E-state index in [4.69, 9.17) is 5.73 Å². The molecule has 1 fully saturated rings. The summed E-state index contributed by atoms with van der Waals surface area (Å²) in [7, 11) is 2.20. The summed E-state index contributed by atoms with van der Waals surface area (Å²) in [6.45, 7) is 4.10. The van der Waals surface area contributed by atoms with Gasteiger partial charge in [0.25, 0.3) is 0 Å². The van der Waals surface area contributed by atoms with E-state index in [-0.39, 0.29) is 0 Å². The summed E-state index contributed by atoms with van der Waals surface area (Å²) < 4.78 is 1.16. The van der Waals surface area contributed by atoms with Crippen LogP contribution < -0.4 is 5.73 Å². The molecule has 2 atom stereocenters. The number of hydrogen-bond acceptors (Lipinski definition) is 2. The van der Waals surface area contributed by atoms with Crippen molar-refractivity contribution in [3.05, 3.63) is 33.8 Å². The van der Waals surface area contributed by atoms with E-state index in [2.05, 4.69) is 53.0 Å². The number of halogens is 1. The highest BCUT2D eigenvalue weighted by molar-refractivity contribution is 9.10. The second kappa shape index (κ2) is 4.86. The Balaban J connectivity index is 2.27. The molecule has 2 rings (SSSR count). The minimum absolute atomic E-state index is 0.533. The molecule has 2 N–H and O–H groups in total. The molecule has 1 aliphatic rings. The molecule has 0 spiro atoms. The first-order valence-electron chi connectivity index (χ1n) is 5.78. The summed E-state index contributed by atoms with van der Waals surface area (Å²) in [4.78, 5) is 2.42. The Labute approximate surface area is 106 Å². The number of aryl methyl sites for hydroxylation is 1. The first kappa shape index (κ1) is 12.1. The highest BCUT2D eigenvalue weighted by Gasteiger charge is 2.30. The fourth-order valence-electron chi connectivity index (χ4n) is 2.61. The number of nitrogens with two attached hydrogens (primary N) is 1. The normalized spacial score (nSPS) is 26.2. The predicted molar refractivity (Wildman–Crippen MR) is 71.4 cm³/mol. The molecule has 3 heteroatoms. The smallest absolute Gasteiger partial charge is 0.0351 e. The first-order valence-corrected chi connectivity index (χ1v) is 6.57. The van der Waals surface area contributed by atoms with Crippen molar-refractivity contribution in [1.82, 2.24) is 4.90 Å². The zero-order chi connectivity index (χ0) is 11.7. The van der Waals surface area contributed by atoms with E-state index in [1.54, 1.807) is 0 Å². The molecule has 1 aromatic rings. The average molecular weight is 283 g/mol. The Morgan fingerprint density at radius 1 is 1.50 bits per heavy atom. The van der Waals surface area contributed by atoms with E-state index in [0.29, 0.717) is 12.0 Å². The molecule has 1 saturated heterocycles. The van der Waals surface area contributed by atoms with Gasteiger partial charge in [0.15, 0.2) is 0 Å². The lowest BCUT2D eigenvalue weighted by Gasteiger charge is -2.21. The zero-order valence-corrected chi connectivity index (χ0v) is 11.5. The molecule has 16 heavy (non-hydrogen) atoms. The van der Waals surface area contributed by atoms with E-state index >= 15 is 0 Å². The fraction of sp³-hybridized carbons (Fsp3) is 0.538. The van der Waals surface area contributed by atoms with Crippen LogP contribution in [0.25, 0.3) is 0 Å². The Morgan fingerprint density at radius 3 is 2.88 bits per heavy atom. The van der Waals surface area contributed by atoms with Crippen molar-refractivity contribution in [2.45, 2.75) is 19.4 Å². The third kappa shape index (κ3) is 2.31. The van der Waals surface area contributed by atoms with Crippen LogP contribution >= 0.6 is 15.9 Å². The van der Waals surface area contributed by atoms with Crippen molar-refractivity contribution in [2.24, 2.45) is 11.7 Å². The quantitative estimate of drug-likeness (QED) is 0.904. The lowest BCUT2D eigenvalue weighted by atomic mass is 9.96. The van der Waals surface area contributed by atoms with Crippen molar-refractivity contribution in [3.8, 4) is 0 Å². The van der Waals surface area contributed by atoms with Crippen molar-refractivity contribution >= 4 is 15.9 Å². The average Bonchev–Trinajstić information content (AvgIpc) is 2.63. The Hall–Kier alpha value is -0.380. The van der Waals surface area contributed by atoms with Crippen molar-refractivity contribution in [1.29, 1.82) is 0 Å². The van der Waals surface area contributed by atoms with E-state index in [9.17, 15) is 0 Å². The van der Waals surface area contributed by atoms with Gasteiger partial charge in [-0.15, -0.1) is 0 Å². The third-order valence-electron chi connectivity index (χ3n) is 3.57. The molecule has 0 amide bonds. The molecular formula is C13H19BrN2. The van der Waals surface area contributed by atoms with Gasteiger partial charge in [-0.25, -0.2) is 0 Å². The van der Waals surface area contributed by atoms with Crippen LogP contribution in [0.3, 0.4) is 0 Å². The number of rotatable bonds is 2. The SMILES string of the molecule is Cc1ccc(Br)cc1C1CC(CN)CN1C. The summed E-state index contributed by atoms with van der Waals surface area (Å²) >= 11 is 3.55. The molecule has 1 heterocycles. The van der Waals surface area contributed by atoms with E-state index < -0.39 is 0 Å². The third-order valence-corrected chi connectivity index (χ3v) is 4.06. The van der Waals surface area contributed by atoms with Gasteiger partial charge in [0.05, 0.1) is 0 Å². The van der Waals surface area contributed by atoms with E-state index in [1.807, 2.05) is 0 Å². The number of likely N-dealkylation sites (tertiary alicyclic amines) is 1. The predicted octanol–water partition coefficient (Wildman–Crippen LogP) is 2.71. The number of hydrogen-bond donors (Lipinski definition) is 1. The van der Waals surface area contributed by atoms with Crippen molar-refractivity contribution in [2.75, 3.05) is 20.1 Å². The molecule has 88 valence electrons. The molecule has 1 aromatic carbocycles. The number of nitrogens with zero attached hydrogens (tertiary/aromatic N) is 1. The molecule has 0 radical (unpaired) electrons. The van der Waals surface area contributed by atoms with Gasteiger partial charge in [-0.1, -0.05) is 22.0 Å². The highest BCUT2D eigenvalue weighted by atomic mass is 79.9. The second-order valence-corrected chi connectivity index (χ2v) is 5.71. The molecular weight excluding hydrogens is 264 g/mol. The van der Waals surface area contributed by atoms with Gasteiger partial charge < -0.3 is 5.73 Å². The molecule has 0 aliphatic carbocycles. The summed E-state index contributed by atoms with van der Waals surface area (Å²) in [6, 6.07) is 7.07. The maximum Gasteiger partial charge on any atom is 0.0351 e. The topological polar surface area (TPSA) is 29.3 Å².